The van der Waals surface area contributed by atoms with E-state index in [0.717, 1.165) is 23.0 Å². The number of tetrazole rings is 1. The van der Waals surface area contributed by atoms with Crippen molar-refractivity contribution in [1.82, 2.24) is 20.2 Å². The molecule has 0 aliphatic rings. The smallest absolute Gasteiger partial charge is 0.188 e. The maximum Gasteiger partial charge on any atom is 0.214 e. The van der Waals surface area contributed by atoms with Gasteiger partial charge in [0.1, 0.15) is 0 Å². The van der Waals surface area contributed by atoms with Crippen LogP contribution >= 0.6 is 11.8 Å². The first kappa shape index (κ1) is 12.9. The van der Waals surface area contributed by atoms with Crippen molar-refractivity contribution in [1.29, 1.82) is 0 Å². The van der Waals surface area contributed by atoms with Crippen molar-refractivity contribution in [2.75, 3.05) is 5.75 Å². The van der Waals surface area contributed by atoms with E-state index in [1.165, 1.54) is 5.56 Å². The quantitative estimate of drug-likeness (QED) is 0.675. The highest BCUT2D eigenvalue weighted by Crippen LogP contribution is 2.19. The Morgan fingerprint density at radius 3 is 2.35 bits per heavy atom. The minimum atomic E-state index is 0.826. The Morgan fingerprint density at radius 2 is 1.60 bits per heavy atom. The van der Waals surface area contributed by atoms with E-state index in [2.05, 4.69) is 39.8 Å². The molecule has 0 unspecified atom stereocenters. The van der Waals surface area contributed by atoms with Crippen molar-refractivity contribution in [3.8, 4) is 5.69 Å². The van der Waals surface area contributed by atoms with Crippen molar-refractivity contribution >= 4 is 11.8 Å². The molecule has 0 saturated heterocycles. The molecule has 5 heteroatoms. The second-order valence-electron chi connectivity index (χ2n) is 4.29. The Hall–Kier alpha value is -2.14. The second kappa shape index (κ2) is 6.34. The van der Waals surface area contributed by atoms with Gasteiger partial charge in [-0.2, -0.15) is 4.68 Å². The number of hydrogen-bond acceptors (Lipinski definition) is 4. The largest absolute Gasteiger partial charge is 0.214 e. The Bertz CT molecular complexity index is 652. The van der Waals surface area contributed by atoms with Gasteiger partial charge in [-0.25, -0.2) is 0 Å². The fourth-order valence-corrected chi connectivity index (χ4v) is 2.78. The lowest BCUT2D eigenvalue weighted by molar-refractivity contribution is 0.756. The Labute approximate surface area is 121 Å². The first-order valence-electron chi connectivity index (χ1n) is 6.44. The van der Waals surface area contributed by atoms with Gasteiger partial charge in [-0.1, -0.05) is 60.3 Å². The van der Waals surface area contributed by atoms with Gasteiger partial charge in [0.05, 0.1) is 5.69 Å². The van der Waals surface area contributed by atoms with Crippen LogP contribution in [0.3, 0.4) is 0 Å². The molecule has 0 radical (unpaired) electrons. The molecule has 0 bridgehead atoms. The number of benzene rings is 2. The number of rotatable bonds is 5. The van der Waals surface area contributed by atoms with Crippen molar-refractivity contribution < 1.29 is 0 Å². The van der Waals surface area contributed by atoms with E-state index in [1.807, 2.05) is 36.4 Å². The summed E-state index contributed by atoms with van der Waals surface area (Å²) in [6, 6.07) is 20.4. The molecule has 1 aromatic heterocycles. The summed E-state index contributed by atoms with van der Waals surface area (Å²) >= 11 is 1.67. The van der Waals surface area contributed by atoms with Gasteiger partial charge in [0.15, 0.2) is 0 Å². The van der Waals surface area contributed by atoms with Crippen molar-refractivity contribution in [2.24, 2.45) is 0 Å². The molecule has 0 fully saturated rings. The summed E-state index contributed by atoms with van der Waals surface area (Å²) < 4.78 is 1.77. The van der Waals surface area contributed by atoms with Crippen LogP contribution in [0.2, 0.25) is 0 Å². The third-order valence-corrected chi connectivity index (χ3v) is 3.83. The average Bonchev–Trinajstić information content (AvgIpc) is 2.98. The van der Waals surface area contributed by atoms with Crippen molar-refractivity contribution in [2.45, 2.75) is 11.6 Å². The maximum atomic E-state index is 4.09. The maximum absolute atomic E-state index is 4.09. The summed E-state index contributed by atoms with van der Waals surface area (Å²) in [5.74, 6) is 0.956. The van der Waals surface area contributed by atoms with Crippen molar-refractivity contribution in [3.05, 3.63) is 66.2 Å². The molecule has 1 heterocycles. The molecule has 0 spiro atoms. The second-order valence-corrected chi connectivity index (χ2v) is 5.35. The highest BCUT2D eigenvalue weighted by molar-refractivity contribution is 7.99. The van der Waals surface area contributed by atoms with Crippen LogP contribution in [0.5, 0.6) is 0 Å². The molecule has 0 saturated carbocycles. The van der Waals surface area contributed by atoms with Crippen LogP contribution in [0.4, 0.5) is 0 Å². The summed E-state index contributed by atoms with van der Waals surface area (Å²) in [6.45, 7) is 0. The van der Waals surface area contributed by atoms with Gasteiger partial charge in [-0.15, -0.1) is 5.10 Å². The van der Waals surface area contributed by atoms with Crippen LogP contribution in [0, 0.1) is 0 Å². The van der Waals surface area contributed by atoms with E-state index in [0.29, 0.717) is 0 Å². The van der Waals surface area contributed by atoms with E-state index < -0.39 is 0 Å². The van der Waals surface area contributed by atoms with Crippen LogP contribution in [-0.2, 0) is 6.42 Å². The van der Waals surface area contributed by atoms with Crippen LogP contribution in [0.25, 0.3) is 5.69 Å². The predicted molar refractivity (Wildman–Crippen MR) is 80.0 cm³/mol. The van der Waals surface area contributed by atoms with E-state index >= 15 is 0 Å². The number of nitrogens with zero attached hydrogens (tertiary/aromatic N) is 4. The van der Waals surface area contributed by atoms with Crippen LogP contribution < -0.4 is 0 Å². The SMILES string of the molecule is c1ccc(CCSc2nnnn2-c2ccccc2)cc1. The number of hydrogen-bond donors (Lipinski definition) is 0. The minimum absolute atomic E-state index is 0.826. The first-order valence-corrected chi connectivity index (χ1v) is 7.42. The topological polar surface area (TPSA) is 43.6 Å². The zero-order chi connectivity index (χ0) is 13.6. The number of para-hydroxylation sites is 1. The predicted octanol–water partition coefficient (Wildman–Crippen LogP) is 3.00. The van der Waals surface area contributed by atoms with Gasteiger partial charge >= 0.3 is 0 Å². The lowest BCUT2D eigenvalue weighted by Gasteiger charge is -2.04. The molecule has 100 valence electrons. The molecule has 0 aliphatic carbocycles. The van der Waals surface area contributed by atoms with Crippen LogP contribution in [0.1, 0.15) is 5.56 Å². The molecular weight excluding hydrogens is 268 g/mol. The highest BCUT2D eigenvalue weighted by atomic mass is 32.2. The summed E-state index contributed by atoms with van der Waals surface area (Å²) in [7, 11) is 0. The Balaban J connectivity index is 1.66. The highest BCUT2D eigenvalue weighted by Gasteiger charge is 2.08. The lowest BCUT2D eigenvalue weighted by Crippen LogP contribution is -1.99. The van der Waals surface area contributed by atoms with E-state index in [4.69, 9.17) is 0 Å². The molecule has 2 aromatic carbocycles. The van der Waals surface area contributed by atoms with E-state index in [1.54, 1.807) is 16.4 Å². The number of thioether (sulfide) groups is 1. The number of aromatic nitrogens is 4. The number of aryl methyl sites for hydroxylation is 1. The lowest BCUT2D eigenvalue weighted by atomic mass is 10.2. The minimum Gasteiger partial charge on any atom is -0.188 e. The molecule has 0 atom stereocenters. The first-order chi connectivity index (χ1) is 9.93. The monoisotopic (exact) mass is 282 g/mol. The van der Waals surface area contributed by atoms with E-state index in [-0.39, 0.29) is 0 Å². The Kier molecular flexibility index (Phi) is 4.08. The zero-order valence-electron chi connectivity index (χ0n) is 10.9. The van der Waals surface area contributed by atoms with Crippen LogP contribution in [-0.4, -0.2) is 26.0 Å². The van der Waals surface area contributed by atoms with Gasteiger partial charge in [-0.3, -0.25) is 0 Å². The fourth-order valence-electron chi connectivity index (χ4n) is 1.91. The molecule has 4 nitrogen and oxygen atoms in total. The summed E-state index contributed by atoms with van der Waals surface area (Å²) in [5.41, 5.74) is 2.32. The molecule has 0 amide bonds. The molecule has 0 aliphatic heterocycles. The summed E-state index contributed by atoms with van der Waals surface area (Å²) in [4.78, 5) is 0. The molecule has 0 N–H and O–H groups in total. The molecule has 3 aromatic rings. The molecule has 20 heavy (non-hydrogen) atoms. The Morgan fingerprint density at radius 1 is 0.900 bits per heavy atom. The average molecular weight is 282 g/mol. The summed E-state index contributed by atoms with van der Waals surface area (Å²) in [6.07, 6.45) is 1.01. The fraction of sp³-hybridized carbons (Fsp3) is 0.133. The van der Waals surface area contributed by atoms with E-state index in [9.17, 15) is 0 Å². The molecular formula is C15H14N4S. The van der Waals surface area contributed by atoms with Gasteiger partial charge in [0.25, 0.3) is 0 Å². The third-order valence-electron chi connectivity index (χ3n) is 2.91. The van der Waals surface area contributed by atoms with Gasteiger partial charge in [0, 0.05) is 5.75 Å². The molecule has 3 rings (SSSR count). The van der Waals surface area contributed by atoms with Gasteiger partial charge < -0.3 is 0 Å². The van der Waals surface area contributed by atoms with Gasteiger partial charge in [0.2, 0.25) is 5.16 Å². The van der Waals surface area contributed by atoms with Crippen LogP contribution in [0.15, 0.2) is 65.8 Å². The zero-order valence-corrected chi connectivity index (χ0v) is 11.7. The van der Waals surface area contributed by atoms with Gasteiger partial charge in [-0.05, 0) is 34.5 Å². The normalized spacial score (nSPS) is 10.6. The summed E-state index contributed by atoms with van der Waals surface area (Å²) in [5, 5.41) is 12.7. The van der Waals surface area contributed by atoms with Crippen molar-refractivity contribution in [3.63, 3.8) is 0 Å². The third kappa shape index (κ3) is 3.05. The standard InChI is InChI=1S/C15H14N4S/c1-3-7-13(8-4-1)11-12-20-15-16-17-18-19(15)14-9-5-2-6-10-14/h1-10H,11-12H2.